The van der Waals surface area contributed by atoms with Gasteiger partial charge in [0.15, 0.2) is 11.5 Å². The molecule has 150 valence electrons. The number of nitrogens with zero attached hydrogens (tertiary/aromatic N) is 2. The van der Waals surface area contributed by atoms with E-state index in [4.69, 9.17) is 9.47 Å². The predicted octanol–water partition coefficient (Wildman–Crippen LogP) is 4.50. The zero-order valence-corrected chi connectivity index (χ0v) is 17.2. The molecule has 3 aromatic rings. The van der Waals surface area contributed by atoms with E-state index in [9.17, 15) is 4.79 Å². The third-order valence-electron chi connectivity index (χ3n) is 6.42. The van der Waals surface area contributed by atoms with E-state index in [1.165, 1.54) is 27.7 Å². The molecule has 0 bridgehead atoms. The fraction of sp³-hybridized carbons (Fsp3) is 0.375. The number of amides is 1. The Balaban J connectivity index is 1.56. The summed E-state index contributed by atoms with van der Waals surface area (Å²) < 4.78 is 13.2. The van der Waals surface area contributed by atoms with Gasteiger partial charge in [0.05, 0.1) is 20.3 Å². The van der Waals surface area contributed by atoms with Crippen LogP contribution in [0.3, 0.4) is 0 Å². The number of carbonyl (C=O) groups is 1. The summed E-state index contributed by atoms with van der Waals surface area (Å²) in [6.45, 7) is 3.71. The zero-order chi connectivity index (χ0) is 20.1. The van der Waals surface area contributed by atoms with E-state index < -0.39 is 0 Å². The lowest BCUT2D eigenvalue weighted by atomic mass is 9.89. The summed E-state index contributed by atoms with van der Waals surface area (Å²) in [7, 11) is 3.20. The molecule has 1 aliphatic carbocycles. The van der Waals surface area contributed by atoms with Gasteiger partial charge >= 0.3 is 0 Å². The number of rotatable bonds is 3. The number of benzene rings is 2. The highest BCUT2D eigenvalue weighted by Gasteiger charge is 2.37. The molecule has 1 atom stereocenters. The number of hydrogen-bond acceptors (Lipinski definition) is 3. The Labute approximate surface area is 170 Å². The van der Waals surface area contributed by atoms with Crippen molar-refractivity contribution in [2.45, 2.75) is 38.8 Å². The summed E-state index contributed by atoms with van der Waals surface area (Å²) >= 11 is 0. The first-order valence-electron chi connectivity index (χ1n) is 10.3. The van der Waals surface area contributed by atoms with E-state index in [1.807, 2.05) is 12.1 Å². The number of ether oxygens (including phenoxy) is 2. The lowest BCUT2D eigenvalue weighted by molar-refractivity contribution is 0.0601. The average Bonchev–Trinajstić information content (AvgIpc) is 3.07. The summed E-state index contributed by atoms with van der Waals surface area (Å²) in [5.41, 5.74) is 6.03. The van der Waals surface area contributed by atoms with E-state index in [0.717, 1.165) is 32.4 Å². The van der Waals surface area contributed by atoms with Crippen molar-refractivity contribution in [2.24, 2.45) is 0 Å². The second-order valence-electron chi connectivity index (χ2n) is 8.01. The van der Waals surface area contributed by atoms with Crippen LogP contribution in [0.4, 0.5) is 0 Å². The van der Waals surface area contributed by atoms with Crippen molar-refractivity contribution >= 4 is 16.8 Å². The molecule has 2 aliphatic rings. The minimum Gasteiger partial charge on any atom is -0.493 e. The van der Waals surface area contributed by atoms with Crippen LogP contribution >= 0.6 is 0 Å². The van der Waals surface area contributed by atoms with Gasteiger partial charge in [-0.25, -0.2) is 0 Å². The van der Waals surface area contributed by atoms with E-state index in [0.29, 0.717) is 17.1 Å². The van der Waals surface area contributed by atoms with Crippen molar-refractivity contribution in [2.75, 3.05) is 20.8 Å². The largest absolute Gasteiger partial charge is 0.493 e. The summed E-state index contributed by atoms with van der Waals surface area (Å²) in [5.74, 6) is 1.29. The van der Waals surface area contributed by atoms with Gasteiger partial charge in [-0.15, -0.1) is 0 Å². The van der Waals surface area contributed by atoms with E-state index in [-0.39, 0.29) is 11.9 Å². The van der Waals surface area contributed by atoms with Gasteiger partial charge in [0.1, 0.15) is 0 Å². The summed E-state index contributed by atoms with van der Waals surface area (Å²) in [4.78, 5) is 15.5. The number of aryl methyl sites for hydroxylation is 2. The minimum absolute atomic E-state index is 0.0662. The average molecular weight is 390 g/mol. The standard InChI is InChI=1S/C24H26N2O3/c1-15-7-9-19-18(13-15)17-5-4-6-20-23(17)25(19)11-12-26(20)24(27)16-8-10-21(28-2)22(14-16)29-3/h7-10,13-14,20H,4-6,11-12H2,1-3H3. The Morgan fingerprint density at radius 3 is 2.66 bits per heavy atom. The van der Waals surface area contributed by atoms with Gasteiger partial charge in [-0.2, -0.15) is 0 Å². The highest BCUT2D eigenvalue weighted by Crippen LogP contribution is 2.43. The van der Waals surface area contributed by atoms with Crippen LogP contribution in [0.25, 0.3) is 10.9 Å². The van der Waals surface area contributed by atoms with E-state index in [2.05, 4.69) is 34.6 Å². The molecule has 1 aliphatic heterocycles. The third kappa shape index (κ3) is 2.71. The molecule has 0 fully saturated rings. The normalized spacial score (nSPS) is 17.9. The highest BCUT2D eigenvalue weighted by molar-refractivity contribution is 5.96. The van der Waals surface area contributed by atoms with Crippen molar-refractivity contribution in [1.82, 2.24) is 9.47 Å². The van der Waals surface area contributed by atoms with E-state index in [1.54, 1.807) is 20.3 Å². The topological polar surface area (TPSA) is 43.7 Å². The van der Waals surface area contributed by atoms with Crippen LogP contribution in [0, 0.1) is 6.92 Å². The van der Waals surface area contributed by atoms with Crippen LogP contribution in [-0.4, -0.2) is 36.1 Å². The molecule has 5 rings (SSSR count). The van der Waals surface area contributed by atoms with Crippen molar-refractivity contribution in [3.8, 4) is 11.5 Å². The lowest BCUT2D eigenvalue weighted by Gasteiger charge is -2.40. The van der Waals surface area contributed by atoms with Crippen LogP contribution < -0.4 is 9.47 Å². The Hall–Kier alpha value is -2.95. The van der Waals surface area contributed by atoms with Gasteiger partial charge in [-0.1, -0.05) is 11.6 Å². The van der Waals surface area contributed by atoms with Crippen molar-refractivity contribution in [3.63, 3.8) is 0 Å². The molecule has 1 aromatic heterocycles. The van der Waals surface area contributed by atoms with Crippen LogP contribution in [0.1, 0.15) is 46.1 Å². The summed E-state index contributed by atoms with van der Waals surface area (Å²) in [5, 5.41) is 1.37. The molecule has 1 unspecified atom stereocenters. The number of carbonyl (C=O) groups excluding carboxylic acids is 1. The Morgan fingerprint density at radius 2 is 1.86 bits per heavy atom. The lowest BCUT2D eigenvalue weighted by Crippen LogP contribution is -2.43. The molecule has 0 radical (unpaired) electrons. The van der Waals surface area contributed by atoms with Gasteiger partial charge in [-0.3, -0.25) is 4.79 Å². The molecule has 1 amide bonds. The van der Waals surface area contributed by atoms with Crippen LogP contribution in [0.2, 0.25) is 0 Å². The zero-order valence-electron chi connectivity index (χ0n) is 17.2. The van der Waals surface area contributed by atoms with Gasteiger partial charge in [-0.05, 0) is 62.1 Å². The second-order valence-corrected chi connectivity index (χ2v) is 8.01. The fourth-order valence-electron chi connectivity index (χ4n) is 5.10. The smallest absolute Gasteiger partial charge is 0.254 e. The van der Waals surface area contributed by atoms with Crippen molar-refractivity contribution in [3.05, 3.63) is 58.8 Å². The Morgan fingerprint density at radius 1 is 1.03 bits per heavy atom. The first-order valence-corrected chi connectivity index (χ1v) is 10.3. The van der Waals surface area contributed by atoms with Gasteiger partial charge in [0, 0.05) is 35.2 Å². The maximum atomic E-state index is 13.5. The number of methoxy groups -OCH3 is 2. The third-order valence-corrected chi connectivity index (χ3v) is 6.42. The molecular formula is C24H26N2O3. The molecule has 0 spiro atoms. The number of fused-ring (bicyclic) bond motifs is 3. The van der Waals surface area contributed by atoms with Gasteiger partial charge < -0.3 is 18.9 Å². The molecular weight excluding hydrogens is 364 g/mol. The van der Waals surface area contributed by atoms with Crippen LogP contribution in [0.15, 0.2) is 36.4 Å². The first-order chi connectivity index (χ1) is 14.1. The fourth-order valence-corrected chi connectivity index (χ4v) is 5.10. The molecule has 0 N–H and O–H groups in total. The molecule has 0 saturated heterocycles. The summed E-state index contributed by atoms with van der Waals surface area (Å²) in [6.07, 6.45) is 3.22. The SMILES string of the molecule is COc1ccc(C(=O)N2CCn3c4c(c5cc(C)ccc53)CCCC42)cc1OC. The maximum Gasteiger partial charge on any atom is 0.254 e. The van der Waals surface area contributed by atoms with Crippen LogP contribution in [0.5, 0.6) is 11.5 Å². The highest BCUT2D eigenvalue weighted by atomic mass is 16.5. The number of hydrogen-bond donors (Lipinski definition) is 0. The monoisotopic (exact) mass is 390 g/mol. The molecule has 2 heterocycles. The van der Waals surface area contributed by atoms with Crippen LogP contribution in [-0.2, 0) is 13.0 Å². The molecule has 5 nitrogen and oxygen atoms in total. The van der Waals surface area contributed by atoms with E-state index >= 15 is 0 Å². The van der Waals surface area contributed by atoms with Crippen molar-refractivity contribution < 1.29 is 14.3 Å². The van der Waals surface area contributed by atoms with Crippen molar-refractivity contribution in [1.29, 1.82) is 0 Å². The molecule has 2 aromatic carbocycles. The quantitative estimate of drug-likeness (QED) is 0.661. The first kappa shape index (κ1) is 18.1. The summed E-state index contributed by atoms with van der Waals surface area (Å²) in [6, 6.07) is 12.3. The number of aromatic nitrogens is 1. The molecule has 29 heavy (non-hydrogen) atoms. The Kier molecular flexibility index (Phi) is 4.26. The molecule has 0 saturated carbocycles. The maximum absolute atomic E-state index is 13.5. The Bertz CT molecular complexity index is 1120. The molecule has 5 heteroatoms. The second kappa shape index (κ2) is 6.83. The predicted molar refractivity (Wildman–Crippen MR) is 113 cm³/mol. The van der Waals surface area contributed by atoms with Gasteiger partial charge in [0.25, 0.3) is 5.91 Å². The van der Waals surface area contributed by atoms with Gasteiger partial charge in [0.2, 0.25) is 0 Å². The minimum atomic E-state index is 0.0662.